The van der Waals surface area contributed by atoms with Gasteiger partial charge in [0.15, 0.2) is 5.65 Å². The van der Waals surface area contributed by atoms with Gasteiger partial charge in [-0.25, -0.2) is 9.97 Å². The number of amides is 2. The summed E-state index contributed by atoms with van der Waals surface area (Å²) in [5.74, 6) is 0.0406. The van der Waals surface area contributed by atoms with Crippen molar-refractivity contribution < 1.29 is 9.59 Å². The molecule has 1 N–H and O–H groups in total. The van der Waals surface area contributed by atoms with Crippen molar-refractivity contribution in [3.8, 4) is 0 Å². The SMILES string of the molecule is C=CC(=O)NCCC(=O)N1CCC(c2ccc3cccnc3n2)C1. The van der Waals surface area contributed by atoms with Gasteiger partial charge >= 0.3 is 0 Å². The maximum Gasteiger partial charge on any atom is 0.243 e. The molecule has 6 nitrogen and oxygen atoms in total. The fourth-order valence-corrected chi connectivity index (χ4v) is 2.95. The number of pyridine rings is 2. The van der Waals surface area contributed by atoms with Crippen molar-refractivity contribution in [1.29, 1.82) is 0 Å². The standard InChI is InChI=1S/C18H20N4O2/c1-2-16(23)19-10-7-17(24)22-11-8-14(12-22)15-6-5-13-4-3-9-20-18(13)21-15/h2-6,9,14H,1,7-8,10-12H2,(H,19,23). The lowest BCUT2D eigenvalue weighted by Crippen LogP contribution is -2.32. The largest absolute Gasteiger partial charge is 0.352 e. The molecule has 1 fully saturated rings. The highest BCUT2D eigenvalue weighted by Gasteiger charge is 2.28. The molecule has 3 heterocycles. The number of hydrogen-bond acceptors (Lipinski definition) is 4. The molecule has 1 atom stereocenters. The van der Waals surface area contributed by atoms with E-state index in [9.17, 15) is 9.59 Å². The number of likely N-dealkylation sites (tertiary alicyclic amines) is 1. The van der Waals surface area contributed by atoms with Crippen LogP contribution in [0.5, 0.6) is 0 Å². The molecule has 1 unspecified atom stereocenters. The first kappa shape index (κ1) is 16.1. The van der Waals surface area contributed by atoms with Crippen molar-refractivity contribution in [3.63, 3.8) is 0 Å². The maximum absolute atomic E-state index is 12.2. The molecule has 0 radical (unpaired) electrons. The van der Waals surface area contributed by atoms with Gasteiger partial charge in [0.05, 0.1) is 0 Å². The highest BCUT2D eigenvalue weighted by molar-refractivity contribution is 5.87. The minimum absolute atomic E-state index is 0.0563. The second-order valence-electron chi connectivity index (χ2n) is 5.86. The number of fused-ring (bicyclic) bond motifs is 1. The first-order valence-electron chi connectivity index (χ1n) is 8.07. The first-order valence-corrected chi connectivity index (χ1v) is 8.07. The molecule has 6 heteroatoms. The number of rotatable bonds is 5. The number of carbonyl (C=O) groups excluding carboxylic acids is 2. The molecule has 1 saturated heterocycles. The summed E-state index contributed by atoms with van der Waals surface area (Å²) >= 11 is 0. The van der Waals surface area contributed by atoms with Gasteiger partial charge < -0.3 is 10.2 Å². The molecule has 0 saturated carbocycles. The van der Waals surface area contributed by atoms with Gasteiger partial charge in [0.1, 0.15) is 0 Å². The molecule has 2 aromatic heterocycles. The van der Waals surface area contributed by atoms with E-state index in [1.54, 1.807) is 6.20 Å². The van der Waals surface area contributed by atoms with Crippen LogP contribution in [0.2, 0.25) is 0 Å². The topological polar surface area (TPSA) is 75.2 Å². The zero-order valence-electron chi connectivity index (χ0n) is 13.4. The average Bonchev–Trinajstić information content (AvgIpc) is 3.11. The zero-order valence-corrected chi connectivity index (χ0v) is 13.4. The minimum Gasteiger partial charge on any atom is -0.352 e. The predicted molar refractivity (Wildman–Crippen MR) is 91.3 cm³/mol. The van der Waals surface area contributed by atoms with Crippen LogP contribution in [0.25, 0.3) is 11.0 Å². The fraction of sp³-hybridized carbons (Fsp3) is 0.333. The summed E-state index contributed by atoms with van der Waals surface area (Å²) in [5, 5.41) is 3.64. The Kier molecular flexibility index (Phi) is 4.84. The van der Waals surface area contributed by atoms with Gasteiger partial charge in [-0.3, -0.25) is 9.59 Å². The summed E-state index contributed by atoms with van der Waals surface area (Å²) in [7, 11) is 0. The maximum atomic E-state index is 12.2. The van der Waals surface area contributed by atoms with E-state index < -0.39 is 0 Å². The Labute approximate surface area is 140 Å². The highest BCUT2D eigenvalue weighted by Crippen LogP contribution is 2.27. The average molecular weight is 324 g/mol. The molecule has 1 aliphatic heterocycles. The van der Waals surface area contributed by atoms with E-state index in [0.29, 0.717) is 19.5 Å². The van der Waals surface area contributed by atoms with E-state index in [2.05, 4.69) is 21.9 Å². The van der Waals surface area contributed by atoms with Gasteiger partial charge in [-0.2, -0.15) is 0 Å². The highest BCUT2D eigenvalue weighted by atomic mass is 16.2. The van der Waals surface area contributed by atoms with E-state index in [1.807, 2.05) is 29.2 Å². The summed E-state index contributed by atoms with van der Waals surface area (Å²) in [6, 6.07) is 7.93. The van der Waals surface area contributed by atoms with Gasteiger partial charge in [0, 0.05) is 49.2 Å². The number of aromatic nitrogens is 2. The Balaban J connectivity index is 1.58. The van der Waals surface area contributed by atoms with Crippen LogP contribution in [0.3, 0.4) is 0 Å². The Morgan fingerprint density at radius 3 is 3.08 bits per heavy atom. The Morgan fingerprint density at radius 2 is 2.25 bits per heavy atom. The second-order valence-corrected chi connectivity index (χ2v) is 5.86. The van der Waals surface area contributed by atoms with Crippen LogP contribution in [0, 0.1) is 0 Å². The summed E-state index contributed by atoms with van der Waals surface area (Å²) in [4.78, 5) is 34.1. The number of nitrogens with zero attached hydrogens (tertiary/aromatic N) is 3. The Bertz CT molecular complexity index is 774. The number of nitrogens with one attached hydrogen (secondary N) is 1. The summed E-state index contributed by atoms with van der Waals surface area (Å²) in [6.45, 7) is 5.11. The number of hydrogen-bond donors (Lipinski definition) is 1. The Morgan fingerprint density at radius 1 is 1.38 bits per heavy atom. The van der Waals surface area contributed by atoms with Crippen LogP contribution < -0.4 is 5.32 Å². The quantitative estimate of drug-likeness (QED) is 0.849. The molecule has 1 aliphatic rings. The summed E-state index contributed by atoms with van der Waals surface area (Å²) in [6.07, 6.45) is 4.14. The second kappa shape index (κ2) is 7.21. The van der Waals surface area contributed by atoms with Crippen LogP contribution in [0.4, 0.5) is 0 Å². The van der Waals surface area contributed by atoms with Crippen LogP contribution in [0.15, 0.2) is 43.1 Å². The van der Waals surface area contributed by atoms with Gasteiger partial charge in [-0.1, -0.05) is 6.58 Å². The van der Waals surface area contributed by atoms with Crippen molar-refractivity contribution in [2.45, 2.75) is 18.8 Å². The van der Waals surface area contributed by atoms with E-state index in [4.69, 9.17) is 0 Å². The van der Waals surface area contributed by atoms with Gasteiger partial charge in [0.2, 0.25) is 11.8 Å². The van der Waals surface area contributed by atoms with Crippen LogP contribution in [-0.4, -0.2) is 46.3 Å². The lowest BCUT2D eigenvalue weighted by molar-refractivity contribution is -0.130. The molecule has 0 bridgehead atoms. The molecular weight excluding hydrogens is 304 g/mol. The van der Waals surface area contributed by atoms with Crippen LogP contribution in [0.1, 0.15) is 24.5 Å². The molecule has 24 heavy (non-hydrogen) atoms. The van der Waals surface area contributed by atoms with E-state index in [1.165, 1.54) is 6.08 Å². The van der Waals surface area contributed by atoms with E-state index >= 15 is 0 Å². The van der Waals surface area contributed by atoms with E-state index in [-0.39, 0.29) is 17.7 Å². The fourth-order valence-electron chi connectivity index (χ4n) is 2.95. The molecule has 0 aliphatic carbocycles. The predicted octanol–water partition coefficient (Wildman–Crippen LogP) is 1.64. The van der Waals surface area contributed by atoms with Gasteiger partial charge in [-0.15, -0.1) is 0 Å². The number of carbonyl (C=O) groups is 2. The Hall–Kier alpha value is -2.76. The smallest absolute Gasteiger partial charge is 0.243 e. The van der Waals surface area contributed by atoms with Gasteiger partial charge in [-0.05, 0) is 36.8 Å². The molecule has 2 aromatic rings. The summed E-state index contributed by atoms with van der Waals surface area (Å²) in [5.41, 5.74) is 1.73. The van der Waals surface area contributed by atoms with Gasteiger partial charge in [0.25, 0.3) is 0 Å². The van der Waals surface area contributed by atoms with Crippen LogP contribution >= 0.6 is 0 Å². The molecular formula is C18H20N4O2. The van der Waals surface area contributed by atoms with Crippen molar-refractivity contribution >= 4 is 22.8 Å². The minimum atomic E-state index is -0.255. The third-order valence-corrected chi connectivity index (χ3v) is 4.27. The van der Waals surface area contributed by atoms with Crippen molar-refractivity contribution in [1.82, 2.24) is 20.2 Å². The molecule has 0 aromatic carbocycles. The normalized spacial score (nSPS) is 17.0. The first-order chi connectivity index (χ1) is 11.7. The van der Waals surface area contributed by atoms with Crippen molar-refractivity contribution in [3.05, 3.63) is 48.8 Å². The van der Waals surface area contributed by atoms with Crippen LogP contribution in [-0.2, 0) is 9.59 Å². The van der Waals surface area contributed by atoms with E-state index in [0.717, 1.165) is 29.7 Å². The lowest BCUT2D eigenvalue weighted by Gasteiger charge is -2.16. The monoisotopic (exact) mass is 324 g/mol. The molecule has 3 rings (SSSR count). The van der Waals surface area contributed by atoms with Crippen molar-refractivity contribution in [2.24, 2.45) is 0 Å². The molecule has 0 spiro atoms. The van der Waals surface area contributed by atoms with Crippen molar-refractivity contribution in [2.75, 3.05) is 19.6 Å². The lowest BCUT2D eigenvalue weighted by atomic mass is 10.0. The molecule has 2 amide bonds. The molecule has 124 valence electrons. The third kappa shape index (κ3) is 3.59. The zero-order chi connectivity index (χ0) is 16.9. The summed E-state index contributed by atoms with van der Waals surface area (Å²) < 4.78 is 0. The third-order valence-electron chi connectivity index (χ3n) is 4.27.